The Morgan fingerprint density at radius 2 is 2.40 bits per heavy atom. The monoisotopic (exact) mass is 341 g/mol. The van der Waals surface area contributed by atoms with Crippen LogP contribution in [0.3, 0.4) is 0 Å². The lowest BCUT2D eigenvalue weighted by Gasteiger charge is -2.30. The maximum absolute atomic E-state index is 11.8. The average Bonchev–Trinajstić information content (AvgIpc) is 2.38. The summed E-state index contributed by atoms with van der Waals surface area (Å²) in [6.07, 6.45) is 0.160. The fraction of sp³-hybridized carbons (Fsp3) is 0.500. The van der Waals surface area contributed by atoms with Crippen molar-refractivity contribution < 1.29 is 9.53 Å². The van der Waals surface area contributed by atoms with Crippen LogP contribution in [-0.2, 0) is 9.53 Å². The van der Waals surface area contributed by atoms with Crippen molar-refractivity contribution in [2.75, 3.05) is 45.2 Å². The number of carbonyl (C=O) groups is 1. The van der Waals surface area contributed by atoms with Crippen molar-refractivity contribution in [3.63, 3.8) is 0 Å². The van der Waals surface area contributed by atoms with E-state index in [0.29, 0.717) is 6.54 Å². The number of carbonyl (C=O) groups excluding carboxylic acids is 1. The molecular weight excluding hydrogens is 322 g/mol. The molecule has 5 nitrogen and oxygen atoms in total. The summed E-state index contributed by atoms with van der Waals surface area (Å²) < 4.78 is 6.57. The summed E-state index contributed by atoms with van der Waals surface area (Å²) in [6.45, 7) is 3.61. The Labute approximate surface area is 127 Å². The molecule has 110 valence electrons. The van der Waals surface area contributed by atoms with Gasteiger partial charge in [0.1, 0.15) is 0 Å². The number of hydrogen-bond donors (Lipinski definition) is 2. The summed E-state index contributed by atoms with van der Waals surface area (Å²) in [5, 5.41) is 5.98. The number of likely N-dealkylation sites (N-methyl/N-ethyl adjacent to an activating group) is 1. The Morgan fingerprint density at radius 3 is 3.15 bits per heavy atom. The van der Waals surface area contributed by atoms with Gasteiger partial charge in [-0.15, -0.1) is 0 Å². The van der Waals surface area contributed by atoms with Gasteiger partial charge in [-0.2, -0.15) is 0 Å². The van der Waals surface area contributed by atoms with Crippen molar-refractivity contribution in [1.29, 1.82) is 0 Å². The minimum Gasteiger partial charge on any atom is -0.374 e. The van der Waals surface area contributed by atoms with Crippen LogP contribution in [0, 0.1) is 0 Å². The molecule has 1 saturated heterocycles. The van der Waals surface area contributed by atoms with E-state index in [1.807, 2.05) is 24.3 Å². The highest BCUT2D eigenvalue weighted by molar-refractivity contribution is 9.10. The van der Waals surface area contributed by atoms with Crippen LogP contribution in [0.1, 0.15) is 0 Å². The van der Waals surface area contributed by atoms with Gasteiger partial charge < -0.3 is 20.3 Å². The van der Waals surface area contributed by atoms with Gasteiger partial charge in [0.05, 0.1) is 19.3 Å². The van der Waals surface area contributed by atoms with Gasteiger partial charge in [0.2, 0.25) is 5.91 Å². The maximum Gasteiger partial charge on any atom is 0.238 e. The first-order valence-corrected chi connectivity index (χ1v) is 7.49. The minimum atomic E-state index is -0.0488. The molecule has 2 N–H and O–H groups in total. The molecule has 0 bridgehead atoms. The average molecular weight is 342 g/mol. The van der Waals surface area contributed by atoms with E-state index in [1.165, 1.54) is 0 Å². The topological polar surface area (TPSA) is 53.6 Å². The van der Waals surface area contributed by atoms with E-state index < -0.39 is 0 Å². The second kappa shape index (κ2) is 7.73. The number of nitrogens with one attached hydrogen (secondary N) is 2. The minimum absolute atomic E-state index is 0.0488. The molecule has 0 aromatic heterocycles. The highest BCUT2D eigenvalue weighted by Gasteiger charge is 2.17. The summed E-state index contributed by atoms with van der Waals surface area (Å²) in [7, 11) is 2.08. The van der Waals surface area contributed by atoms with Crippen LogP contribution >= 0.6 is 15.9 Å². The predicted octanol–water partition coefficient (Wildman–Crippen LogP) is 1.31. The normalized spacial score (nSPS) is 19.8. The first-order chi connectivity index (χ1) is 9.63. The largest absolute Gasteiger partial charge is 0.374 e. The Kier molecular flexibility index (Phi) is 5.97. The number of benzene rings is 1. The van der Waals surface area contributed by atoms with Gasteiger partial charge >= 0.3 is 0 Å². The molecule has 0 radical (unpaired) electrons. The standard InChI is InChI=1S/C14H20BrN3O2/c1-18-5-6-20-13(10-18)8-16-9-14(19)17-12-4-2-3-11(15)7-12/h2-4,7,13,16H,5-6,8-10H2,1H3,(H,17,19). The van der Waals surface area contributed by atoms with Crippen LogP contribution in [0.4, 0.5) is 5.69 Å². The summed E-state index contributed by atoms with van der Waals surface area (Å²) in [6, 6.07) is 7.54. The van der Waals surface area contributed by atoms with Crippen molar-refractivity contribution in [3.8, 4) is 0 Å². The molecule has 0 aliphatic carbocycles. The molecule has 1 aromatic carbocycles. The fourth-order valence-corrected chi connectivity index (χ4v) is 2.51. The number of rotatable bonds is 5. The van der Waals surface area contributed by atoms with E-state index in [0.717, 1.165) is 29.9 Å². The van der Waals surface area contributed by atoms with Crippen molar-refractivity contribution in [3.05, 3.63) is 28.7 Å². The van der Waals surface area contributed by atoms with E-state index in [1.54, 1.807) is 0 Å². The Hall–Kier alpha value is -0.950. The first-order valence-electron chi connectivity index (χ1n) is 6.70. The van der Waals surface area contributed by atoms with Crippen LogP contribution in [0.2, 0.25) is 0 Å². The first kappa shape index (κ1) is 15.4. The highest BCUT2D eigenvalue weighted by atomic mass is 79.9. The van der Waals surface area contributed by atoms with E-state index in [9.17, 15) is 4.79 Å². The third-order valence-electron chi connectivity index (χ3n) is 3.11. The molecule has 1 aliphatic rings. The molecule has 0 spiro atoms. The lowest BCUT2D eigenvalue weighted by Crippen LogP contribution is -2.45. The number of ether oxygens (including phenoxy) is 1. The number of morpholine rings is 1. The second-order valence-corrected chi connectivity index (χ2v) is 5.86. The zero-order valence-electron chi connectivity index (χ0n) is 11.6. The molecule has 20 heavy (non-hydrogen) atoms. The summed E-state index contributed by atoms with van der Waals surface area (Å²) in [5.74, 6) is -0.0488. The quantitative estimate of drug-likeness (QED) is 0.847. The van der Waals surface area contributed by atoms with Crippen LogP contribution in [0.25, 0.3) is 0 Å². The Morgan fingerprint density at radius 1 is 1.55 bits per heavy atom. The Bertz CT molecular complexity index is 456. The predicted molar refractivity (Wildman–Crippen MR) is 82.9 cm³/mol. The van der Waals surface area contributed by atoms with E-state index in [-0.39, 0.29) is 18.6 Å². The molecular formula is C14H20BrN3O2. The van der Waals surface area contributed by atoms with Gasteiger partial charge in [0.15, 0.2) is 0 Å². The smallest absolute Gasteiger partial charge is 0.238 e. The molecule has 1 fully saturated rings. The second-order valence-electron chi connectivity index (χ2n) is 4.94. The third kappa shape index (κ3) is 5.20. The van der Waals surface area contributed by atoms with E-state index in [4.69, 9.17) is 4.74 Å². The zero-order chi connectivity index (χ0) is 14.4. The molecule has 0 saturated carbocycles. The molecule has 1 heterocycles. The lowest BCUT2D eigenvalue weighted by molar-refractivity contribution is -0.115. The number of halogens is 1. The number of amides is 1. The summed E-state index contributed by atoms with van der Waals surface area (Å²) in [5.41, 5.74) is 0.792. The van der Waals surface area contributed by atoms with Crippen LogP contribution in [0.15, 0.2) is 28.7 Å². The van der Waals surface area contributed by atoms with Crippen molar-refractivity contribution in [2.24, 2.45) is 0 Å². The molecule has 1 amide bonds. The van der Waals surface area contributed by atoms with Gasteiger partial charge in [0.25, 0.3) is 0 Å². The van der Waals surface area contributed by atoms with Crippen molar-refractivity contribution in [1.82, 2.24) is 10.2 Å². The van der Waals surface area contributed by atoms with Gasteiger partial charge in [-0.3, -0.25) is 4.79 Å². The van der Waals surface area contributed by atoms with Crippen LogP contribution in [0.5, 0.6) is 0 Å². The zero-order valence-corrected chi connectivity index (χ0v) is 13.1. The van der Waals surface area contributed by atoms with E-state index in [2.05, 4.69) is 38.5 Å². The van der Waals surface area contributed by atoms with E-state index >= 15 is 0 Å². The van der Waals surface area contributed by atoms with Gasteiger partial charge in [0, 0.05) is 29.8 Å². The van der Waals surface area contributed by atoms with Crippen LogP contribution < -0.4 is 10.6 Å². The molecule has 2 rings (SSSR count). The number of anilines is 1. The molecule has 1 aliphatic heterocycles. The van der Waals surface area contributed by atoms with Crippen molar-refractivity contribution >= 4 is 27.5 Å². The molecule has 1 unspecified atom stereocenters. The molecule has 1 aromatic rings. The number of hydrogen-bond acceptors (Lipinski definition) is 4. The summed E-state index contributed by atoms with van der Waals surface area (Å²) >= 11 is 3.37. The molecule has 1 atom stereocenters. The van der Waals surface area contributed by atoms with Crippen LogP contribution in [-0.4, -0.2) is 56.7 Å². The fourth-order valence-electron chi connectivity index (χ4n) is 2.11. The van der Waals surface area contributed by atoms with Gasteiger partial charge in [-0.1, -0.05) is 22.0 Å². The SMILES string of the molecule is CN1CCOC(CNCC(=O)Nc2cccc(Br)c2)C1. The Balaban J connectivity index is 1.67. The lowest BCUT2D eigenvalue weighted by atomic mass is 10.3. The van der Waals surface area contributed by atoms with Gasteiger partial charge in [-0.25, -0.2) is 0 Å². The van der Waals surface area contributed by atoms with Crippen molar-refractivity contribution in [2.45, 2.75) is 6.10 Å². The van der Waals surface area contributed by atoms with Gasteiger partial charge in [-0.05, 0) is 25.2 Å². The molecule has 6 heteroatoms. The summed E-state index contributed by atoms with van der Waals surface area (Å²) in [4.78, 5) is 14.0. The third-order valence-corrected chi connectivity index (χ3v) is 3.60. The maximum atomic E-state index is 11.8. The number of nitrogens with zero attached hydrogens (tertiary/aromatic N) is 1. The highest BCUT2D eigenvalue weighted by Crippen LogP contribution is 2.15.